The van der Waals surface area contributed by atoms with E-state index in [0.717, 1.165) is 43.5 Å². The highest BCUT2D eigenvalue weighted by Gasteiger charge is 2.17. The Morgan fingerprint density at radius 3 is 2.79 bits per heavy atom. The van der Waals surface area contributed by atoms with Gasteiger partial charge in [-0.25, -0.2) is 0 Å². The number of aromatic nitrogens is 1. The number of benzene rings is 1. The van der Waals surface area contributed by atoms with E-state index < -0.39 is 0 Å². The van der Waals surface area contributed by atoms with Crippen molar-refractivity contribution in [2.75, 3.05) is 13.2 Å². The van der Waals surface area contributed by atoms with Gasteiger partial charge in [0.2, 0.25) is 0 Å². The first-order valence-electron chi connectivity index (χ1n) is 6.92. The molecule has 100 valence electrons. The number of carbonyl (C=O) groups is 1. The number of fused-ring (bicyclic) bond motifs is 1. The number of carbonyl (C=O) groups excluding carboxylic acids is 1. The minimum atomic E-state index is 0.141. The van der Waals surface area contributed by atoms with Crippen LogP contribution in [0.5, 0.6) is 0 Å². The van der Waals surface area contributed by atoms with Crippen LogP contribution >= 0.6 is 0 Å². The predicted octanol–water partition coefficient (Wildman–Crippen LogP) is 3.27. The maximum Gasteiger partial charge on any atom is 0.161 e. The Morgan fingerprint density at radius 2 is 2.05 bits per heavy atom. The van der Waals surface area contributed by atoms with Crippen molar-refractivity contribution < 1.29 is 9.53 Å². The first-order valence-corrected chi connectivity index (χ1v) is 6.92. The van der Waals surface area contributed by atoms with Crippen LogP contribution in [0.2, 0.25) is 0 Å². The van der Waals surface area contributed by atoms with E-state index in [1.54, 1.807) is 6.92 Å². The largest absolute Gasteiger partial charge is 0.381 e. The fourth-order valence-corrected chi connectivity index (χ4v) is 2.89. The van der Waals surface area contributed by atoms with Crippen molar-refractivity contribution in [1.82, 2.24) is 4.57 Å². The molecule has 0 radical (unpaired) electrons. The summed E-state index contributed by atoms with van der Waals surface area (Å²) in [7, 11) is 0. The quantitative estimate of drug-likeness (QED) is 0.790. The molecule has 0 aliphatic carbocycles. The molecule has 1 aromatic carbocycles. The Balaban J connectivity index is 1.96. The first-order chi connectivity index (χ1) is 9.25. The van der Waals surface area contributed by atoms with Crippen LogP contribution in [0, 0.1) is 5.92 Å². The molecular weight excluding hydrogens is 238 g/mol. The Morgan fingerprint density at radius 1 is 1.32 bits per heavy atom. The summed E-state index contributed by atoms with van der Waals surface area (Å²) in [5, 5.41) is 1.07. The highest BCUT2D eigenvalue weighted by Crippen LogP contribution is 2.25. The zero-order valence-electron chi connectivity index (χ0n) is 11.3. The van der Waals surface area contributed by atoms with Crippen LogP contribution in [-0.2, 0) is 11.3 Å². The average molecular weight is 257 g/mol. The van der Waals surface area contributed by atoms with Crippen LogP contribution in [0.15, 0.2) is 30.5 Å². The summed E-state index contributed by atoms with van der Waals surface area (Å²) in [6.07, 6.45) is 4.24. The highest BCUT2D eigenvalue weighted by atomic mass is 16.5. The number of rotatable bonds is 3. The van der Waals surface area contributed by atoms with Crippen molar-refractivity contribution >= 4 is 16.7 Å². The van der Waals surface area contributed by atoms with Crippen molar-refractivity contribution in [1.29, 1.82) is 0 Å². The summed E-state index contributed by atoms with van der Waals surface area (Å²) in [6.45, 7) is 4.35. The zero-order valence-corrected chi connectivity index (χ0v) is 11.3. The molecule has 0 atom stereocenters. The van der Waals surface area contributed by atoms with Gasteiger partial charge >= 0.3 is 0 Å². The van der Waals surface area contributed by atoms with Gasteiger partial charge in [0.15, 0.2) is 5.78 Å². The van der Waals surface area contributed by atoms with Gasteiger partial charge in [0.05, 0.1) is 0 Å². The third-order valence-corrected chi connectivity index (χ3v) is 3.96. The zero-order chi connectivity index (χ0) is 13.2. The van der Waals surface area contributed by atoms with Gasteiger partial charge in [-0.05, 0) is 31.7 Å². The molecule has 19 heavy (non-hydrogen) atoms. The van der Waals surface area contributed by atoms with E-state index in [2.05, 4.69) is 10.6 Å². The summed E-state index contributed by atoms with van der Waals surface area (Å²) in [4.78, 5) is 11.7. The molecule has 3 heteroatoms. The molecule has 1 aliphatic rings. The van der Waals surface area contributed by atoms with E-state index in [4.69, 9.17) is 4.74 Å². The summed E-state index contributed by atoms with van der Waals surface area (Å²) in [6, 6.07) is 8.16. The minimum absolute atomic E-state index is 0.141. The molecule has 2 heterocycles. The fraction of sp³-hybridized carbons (Fsp3) is 0.438. The van der Waals surface area contributed by atoms with Crippen LogP contribution in [0.3, 0.4) is 0 Å². The molecule has 0 unspecified atom stereocenters. The van der Waals surface area contributed by atoms with E-state index in [-0.39, 0.29) is 5.78 Å². The van der Waals surface area contributed by atoms with Gasteiger partial charge in [0.1, 0.15) is 0 Å². The third-order valence-electron chi connectivity index (χ3n) is 3.96. The summed E-state index contributed by atoms with van der Waals surface area (Å²) >= 11 is 0. The van der Waals surface area contributed by atoms with E-state index in [1.165, 1.54) is 5.52 Å². The lowest BCUT2D eigenvalue weighted by molar-refractivity contribution is 0.0616. The monoisotopic (exact) mass is 257 g/mol. The van der Waals surface area contributed by atoms with E-state index in [0.29, 0.717) is 5.92 Å². The fourth-order valence-electron chi connectivity index (χ4n) is 2.89. The molecule has 0 bridgehead atoms. The second-order valence-corrected chi connectivity index (χ2v) is 5.32. The van der Waals surface area contributed by atoms with E-state index in [9.17, 15) is 4.79 Å². The summed E-state index contributed by atoms with van der Waals surface area (Å²) < 4.78 is 7.64. The van der Waals surface area contributed by atoms with Crippen LogP contribution in [0.25, 0.3) is 10.9 Å². The second kappa shape index (κ2) is 5.17. The normalized spacial score (nSPS) is 16.9. The van der Waals surface area contributed by atoms with Gasteiger partial charge in [-0.1, -0.05) is 18.2 Å². The lowest BCUT2D eigenvalue weighted by atomic mass is 10.0. The molecule has 0 spiro atoms. The Kier molecular flexibility index (Phi) is 3.38. The Bertz CT molecular complexity index is 594. The minimum Gasteiger partial charge on any atom is -0.381 e. The number of ketones is 1. The van der Waals surface area contributed by atoms with Crippen molar-refractivity contribution in [3.8, 4) is 0 Å². The predicted molar refractivity (Wildman–Crippen MR) is 75.5 cm³/mol. The van der Waals surface area contributed by atoms with Crippen LogP contribution in [0.1, 0.15) is 30.1 Å². The molecule has 1 fully saturated rings. The SMILES string of the molecule is CC(=O)c1cn(CC2CCOCC2)c2ccccc12. The maximum atomic E-state index is 11.7. The molecule has 1 aliphatic heterocycles. The number of Topliss-reactive ketones (excluding diaryl/α,β-unsaturated/α-hetero) is 1. The lowest BCUT2D eigenvalue weighted by Gasteiger charge is -2.22. The van der Waals surface area contributed by atoms with Crippen LogP contribution < -0.4 is 0 Å². The molecule has 0 N–H and O–H groups in total. The summed E-state index contributed by atoms with van der Waals surface area (Å²) in [5.41, 5.74) is 2.00. The number of ether oxygens (including phenoxy) is 1. The highest BCUT2D eigenvalue weighted by molar-refractivity contribution is 6.06. The Hall–Kier alpha value is -1.61. The summed E-state index contributed by atoms with van der Waals surface area (Å²) in [5.74, 6) is 0.797. The van der Waals surface area contributed by atoms with E-state index in [1.807, 2.05) is 24.4 Å². The van der Waals surface area contributed by atoms with Crippen molar-refractivity contribution in [2.24, 2.45) is 5.92 Å². The lowest BCUT2D eigenvalue weighted by Crippen LogP contribution is -2.20. The van der Waals surface area contributed by atoms with Crippen molar-refractivity contribution in [2.45, 2.75) is 26.3 Å². The third kappa shape index (κ3) is 2.43. The Labute approximate surface area is 113 Å². The first kappa shape index (κ1) is 12.4. The van der Waals surface area contributed by atoms with E-state index >= 15 is 0 Å². The standard InChI is InChI=1S/C16H19NO2/c1-12(18)15-11-17(10-13-6-8-19-9-7-13)16-5-3-2-4-14(15)16/h2-5,11,13H,6-10H2,1H3. The van der Waals surface area contributed by atoms with Gasteiger partial charge in [0, 0.05) is 42.4 Å². The smallest absolute Gasteiger partial charge is 0.161 e. The van der Waals surface area contributed by atoms with Gasteiger partial charge in [0.25, 0.3) is 0 Å². The molecule has 3 nitrogen and oxygen atoms in total. The number of nitrogens with zero attached hydrogens (tertiary/aromatic N) is 1. The average Bonchev–Trinajstić information content (AvgIpc) is 2.79. The van der Waals surface area contributed by atoms with Gasteiger partial charge in [-0.2, -0.15) is 0 Å². The number of hydrogen-bond acceptors (Lipinski definition) is 2. The van der Waals surface area contributed by atoms with Crippen LogP contribution in [0.4, 0.5) is 0 Å². The second-order valence-electron chi connectivity index (χ2n) is 5.32. The van der Waals surface area contributed by atoms with Gasteiger partial charge < -0.3 is 9.30 Å². The number of hydrogen-bond donors (Lipinski definition) is 0. The number of para-hydroxylation sites is 1. The van der Waals surface area contributed by atoms with Gasteiger partial charge in [-0.15, -0.1) is 0 Å². The molecule has 0 amide bonds. The maximum absolute atomic E-state index is 11.7. The van der Waals surface area contributed by atoms with Crippen molar-refractivity contribution in [3.05, 3.63) is 36.0 Å². The topological polar surface area (TPSA) is 31.2 Å². The molecule has 3 rings (SSSR count). The molecule has 0 saturated carbocycles. The van der Waals surface area contributed by atoms with Crippen LogP contribution in [-0.4, -0.2) is 23.6 Å². The van der Waals surface area contributed by atoms with Gasteiger partial charge in [-0.3, -0.25) is 4.79 Å². The van der Waals surface area contributed by atoms with Crippen molar-refractivity contribution in [3.63, 3.8) is 0 Å². The molecular formula is C16H19NO2. The molecule has 2 aromatic rings. The molecule has 1 saturated heterocycles. The molecule has 1 aromatic heterocycles.